The molecule has 0 radical (unpaired) electrons. The quantitative estimate of drug-likeness (QED) is 0.657. The molecule has 0 aromatic heterocycles. The van der Waals surface area contributed by atoms with E-state index in [0.717, 1.165) is 25.6 Å². The molecule has 1 aliphatic rings. The molecule has 20 heavy (non-hydrogen) atoms. The van der Waals surface area contributed by atoms with Gasteiger partial charge in [-0.05, 0) is 32.4 Å². The van der Waals surface area contributed by atoms with E-state index >= 15 is 0 Å². The number of nitrogens with one attached hydrogen (secondary N) is 1. The van der Waals surface area contributed by atoms with Crippen molar-refractivity contribution in [2.75, 3.05) is 18.0 Å². The lowest BCUT2D eigenvalue weighted by atomic mass is 10.1. The van der Waals surface area contributed by atoms with Gasteiger partial charge in [0.05, 0.1) is 9.82 Å². The molecule has 8 heteroatoms. The Hall–Kier alpha value is -1.67. The van der Waals surface area contributed by atoms with Crippen molar-refractivity contribution in [2.45, 2.75) is 31.2 Å². The first-order chi connectivity index (χ1) is 9.31. The van der Waals surface area contributed by atoms with Crippen LogP contribution in [0.1, 0.15) is 20.3 Å². The fraction of sp³-hybridized carbons (Fsp3) is 0.500. The summed E-state index contributed by atoms with van der Waals surface area (Å²) in [4.78, 5) is 12.4. The van der Waals surface area contributed by atoms with Crippen LogP contribution < -0.4 is 9.62 Å². The maximum absolute atomic E-state index is 12.0. The van der Waals surface area contributed by atoms with Gasteiger partial charge in [0, 0.05) is 25.2 Å². The molecule has 110 valence electrons. The molecule has 1 aromatic carbocycles. The molecule has 2 rings (SSSR count). The van der Waals surface area contributed by atoms with Crippen molar-refractivity contribution in [3.8, 4) is 0 Å². The summed E-state index contributed by atoms with van der Waals surface area (Å²) in [6.07, 6.45) is 0.992. The first-order valence-corrected chi connectivity index (χ1v) is 7.85. The number of nitrogens with zero attached hydrogens (tertiary/aromatic N) is 2. The first kappa shape index (κ1) is 14.7. The fourth-order valence-electron chi connectivity index (χ4n) is 2.02. The Bertz CT molecular complexity index is 624. The van der Waals surface area contributed by atoms with E-state index in [-0.39, 0.29) is 16.6 Å². The lowest BCUT2D eigenvalue weighted by Crippen LogP contribution is -2.37. The number of anilines is 1. The van der Waals surface area contributed by atoms with Crippen LogP contribution in [-0.2, 0) is 10.0 Å². The number of rotatable bonds is 5. The molecule has 1 N–H and O–H groups in total. The molecular formula is C12H17N3O4S. The third-order valence-electron chi connectivity index (χ3n) is 3.04. The summed E-state index contributed by atoms with van der Waals surface area (Å²) in [5.41, 5.74) is 0.307. The number of nitro groups is 1. The molecule has 1 fully saturated rings. The number of sulfonamides is 1. The summed E-state index contributed by atoms with van der Waals surface area (Å²) in [7, 11) is -3.72. The number of nitro benzene ring substituents is 1. The van der Waals surface area contributed by atoms with Gasteiger partial charge in [-0.2, -0.15) is 0 Å². The molecule has 0 unspecified atom stereocenters. The number of benzene rings is 1. The van der Waals surface area contributed by atoms with Crippen molar-refractivity contribution in [2.24, 2.45) is 0 Å². The lowest BCUT2D eigenvalue weighted by Gasteiger charge is -2.32. The summed E-state index contributed by atoms with van der Waals surface area (Å²) < 4.78 is 26.5. The van der Waals surface area contributed by atoms with Crippen molar-refractivity contribution in [1.29, 1.82) is 0 Å². The minimum atomic E-state index is -3.72. The number of hydrogen-bond acceptors (Lipinski definition) is 5. The minimum Gasteiger partial charge on any atom is -0.366 e. The zero-order valence-electron chi connectivity index (χ0n) is 11.4. The van der Waals surface area contributed by atoms with Gasteiger partial charge in [0.1, 0.15) is 5.69 Å². The van der Waals surface area contributed by atoms with Gasteiger partial charge in [0.25, 0.3) is 5.69 Å². The summed E-state index contributed by atoms with van der Waals surface area (Å²) in [5.74, 6) is 0. The van der Waals surface area contributed by atoms with E-state index in [1.54, 1.807) is 13.8 Å². The van der Waals surface area contributed by atoms with Gasteiger partial charge in [0.2, 0.25) is 10.0 Å². The second kappa shape index (κ2) is 5.37. The van der Waals surface area contributed by atoms with Crippen LogP contribution in [0.4, 0.5) is 11.4 Å². The molecule has 0 saturated carbocycles. The van der Waals surface area contributed by atoms with Gasteiger partial charge in [0.15, 0.2) is 0 Å². The minimum absolute atomic E-state index is 0.0813. The van der Waals surface area contributed by atoms with Gasteiger partial charge >= 0.3 is 0 Å². The normalized spacial score (nSPS) is 15.2. The third-order valence-corrected chi connectivity index (χ3v) is 4.70. The van der Waals surface area contributed by atoms with Gasteiger partial charge in [-0.15, -0.1) is 0 Å². The highest BCUT2D eigenvalue weighted by Crippen LogP contribution is 2.33. The first-order valence-electron chi connectivity index (χ1n) is 6.37. The molecule has 1 heterocycles. The van der Waals surface area contributed by atoms with Crippen LogP contribution in [0.2, 0.25) is 0 Å². The fourth-order valence-corrected chi connectivity index (χ4v) is 3.29. The van der Waals surface area contributed by atoms with Gasteiger partial charge < -0.3 is 4.90 Å². The average molecular weight is 299 g/mol. The lowest BCUT2D eigenvalue weighted by molar-refractivity contribution is -0.384. The maximum Gasteiger partial charge on any atom is 0.293 e. The topological polar surface area (TPSA) is 92.6 Å². The van der Waals surface area contributed by atoms with Crippen LogP contribution in [0.25, 0.3) is 0 Å². The molecular weight excluding hydrogens is 282 g/mol. The van der Waals surface area contributed by atoms with E-state index in [4.69, 9.17) is 0 Å². The summed E-state index contributed by atoms with van der Waals surface area (Å²) >= 11 is 0. The second-order valence-electron chi connectivity index (χ2n) is 5.02. The van der Waals surface area contributed by atoms with Gasteiger partial charge in [-0.1, -0.05) is 0 Å². The zero-order chi connectivity index (χ0) is 14.9. The number of hydrogen-bond donors (Lipinski definition) is 1. The molecule has 1 aliphatic heterocycles. The van der Waals surface area contributed by atoms with Gasteiger partial charge in [-0.3, -0.25) is 10.1 Å². The largest absolute Gasteiger partial charge is 0.366 e. The highest BCUT2D eigenvalue weighted by atomic mass is 32.2. The monoisotopic (exact) mass is 299 g/mol. The Morgan fingerprint density at radius 1 is 1.35 bits per heavy atom. The molecule has 0 spiro atoms. The van der Waals surface area contributed by atoms with Crippen LogP contribution in [0.3, 0.4) is 0 Å². The zero-order valence-corrected chi connectivity index (χ0v) is 12.2. The van der Waals surface area contributed by atoms with E-state index < -0.39 is 14.9 Å². The molecule has 1 aromatic rings. The summed E-state index contributed by atoms with van der Waals surface area (Å²) in [5, 5.41) is 11.1. The van der Waals surface area contributed by atoms with Crippen molar-refractivity contribution in [3.63, 3.8) is 0 Å². The Morgan fingerprint density at radius 3 is 2.45 bits per heavy atom. The second-order valence-corrected chi connectivity index (χ2v) is 6.74. The van der Waals surface area contributed by atoms with E-state index in [9.17, 15) is 18.5 Å². The van der Waals surface area contributed by atoms with Crippen LogP contribution in [0.15, 0.2) is 23.1 Å². The Labute approximate surface area is 117 Å². The molecule has 0 aliphatic carbocycles. The SMILES string of the molecule is CC(C)NS(=O)(=O)c1ccc(N2CCC2)c([N+](=O)[O-])c1. The van der Waals surface area contributed by atoms with Crippen molar-refractivity contribution in [3.05, 3.63) is 28.3 Å². The highest BCUT2D eigenvalue weighted by molar-refractivity contribution is 7.89. The molecule has 1 saturated heterocycles. The van der Waals surface area contributed by atoms with Crippen molar-refractivity contribution >= 4 is 21.4 Å². The van der Waals surface area contributed by atoms with Crippen LogP contribution >= 0.6 is 0 Å². The Morgan fingerprint density at radius 2 is 2.00 bits per heavy atom. The van der Waals surface area contributed by atoms with Gasteiger partial charge in [-0.25, -0.2) is 13.1 Å². The molecule has 0 amide bonds. The highest BCUT2D eigenvalue weighted by Gasteiger charge is 2.26. The van der Waals surface area contributed by atoms with E-state index in [2.05, 4.69) is 4.72 Å². The molecule has 0 atom stereocenters. The average Bonchev–Trinajstić information content (AvgIpc) is 2.24. The van der Waals surface area contributed by atoms with Crippen molar-refractivity contribution < 1.29 is 13.3 Å². The third kappa shape index (κ3) is 2.91. The smallest absolute Gasteiger partial charge is 0.293 e. The standard InChI is InChI=1S/C12H17N3O4S/c1-9(2)13-20(18,19)10-4-5-11(14-6-3-7-14)12(8-10)15(16)17/h4-5,8-9,13H,3,6-7H2,1-2H3. The van der Waals surface area contributed by atoms with Crippen LogP contribution in [0.5, 0.6) is 0 Å². The predicted octanol–water partition coefficient (Wildman–Crippen LogP) is 1.49. The van der Waals surface area contributed by atoms with E-state index in [1.807, 2.05) is 4.90 Å². The molecule has 0 bridgehead atoms. The summed E-state index contributed by atoms with van der Waals surface area (Å²) in [6, 6.07) is 3.77. The summed E-state index contributed by atoms with van der Waals surface area (Å²) in [6.45, 7) is 4.91. The maximum atomic E-state index is 12.0. The van der Waals surface area contributed by atoms with Crippen LogP contribution in [0, 0.1) is 10.1 Å². The van der Waals surface area contributed by atoms with Crippen LogP contribution in [-0.4, -0.2) is 32.5 Å². The van der Waals surface area contributed by atoms with E-state index in [0.29, 0.717) is 5.69 Å². The predicted molar refractivity (Wildman–Crippen MR) is 75.4 cm³/mol. The Balaban J connectivity index is 2.42. The molecule has 7 nitrogen and oxygen atoms in total. The van der Waals surface area contributed by atoms with Crippen molar-refractivity contribution in [1.82, 2.24) is 4.72 Å². The van der Waals surface area contributed by atoms with E-state index in [1.165, 1.54) is 12.1 Å². The Kier molecular flexibility index (Phi) is 3.96.